The van der Waals surface area contributed by atoms with Gasteiger partial charge in [0.2, 0.25) is 23.7 Å². The number of benzene rings is 3. The predicted octanol–water partition coefficient (Wildman–Crippen LogP) is 7.92. The SMILES string of the molecule is C=CC(=O)Nc1cccc(Oc2nc(Nc3nc4c(cc3C)CN(C)CC4)nc3ccnn23)c1.C=CC(=O)Nc1cccc(Sc2nc(Nc3cc4c(cc3C)CN(C)CC4)nc3ccnn23)c1. The van der Waals surface area contributed by atoms with Gasteiger partial charge in [0.15, 0.2) is 16.5 Å². The monoisotopic (exact) mass is 927 g/mol. The van der Waals surface area contributed by atoms with Crippen molar-refractivity contribution in [1.82, 2.24) is 53.9 Å². The Morgan fingerprint density at radius 3 is 2.07 bits per heavy atom. The van der Waals surface area contributed by atoms with Gasteiger partial charge in [-0.05, 0) is 129 Å². The molecule has 0 unspecified atom stereocenters. The van der Waals surface area contributed by atoms with Crippen molar-refractivity contribution in [2.24, 2.45) is 0 Å². The van der Waals surface area contributed by atoms with Crippen LogP contribution in [-0.4, -0.2) is 92.9 Å². The molecular formula is C49H49N15O3S. The Hall–Kier alpha value is -8.00. The van der Waals surface area contributed by atoms with Crippen molar-refractivity contribution in [1.29, 1.82) is 0 Å². The van der Waals surface area contributed by atoms with Crippen molar-refractivity contribution in [3.8, 4) is 11.8 Å². The van der Waals surface area contributed by atoms with E-state index in [-0.39, 0.29) is 17.8 Å². The minimum absolute atomic E-state index is 0.224. The van der Waals surface area contributed by atoms with E-state index in [0.717, 1.165) is 66.4 Å². The van der Waals surface area contributed by atoms with Crippen LogP contribution in [0.3, 0.4) is 0 Å². The van der Waals surface area contributed by atoms with Gasteiger partial charge in [-0.25, -0.2) is 4.98 Å². The Morgan fingerprint density at radius 2 is 1.32 bits per heavy atom. The third-order valence-electron chi connectivity index (χ3n) is 11.2. The van der Waals surface area contributed by atoms with Crippen LogP contribution >= 0.6 is 11.8 Å². The molecule has 0 saturated heterocycles. The maximum absolute atomic E-state index is 11.7. The second-order valence-electron chi connectivity index (χ2n) is 16.4. The summed E-state index contributed by atoms with van der Waals surface area (Å²) in [6.07, 6.45) is 7.72. The van der Waals surface area contributed by atoms with E-state index in [2.05, 4.69) is 109 Å². The number of nitrogens with zero attached hydrogens (tertiary/aromatic N) is 11. The van der Waals surface area contributed by atoms with E-state index in [1.54, 1.807) is 47.2 Å². The van der Waals surface area contributed by atoms with Gasteiger partial charge in [0.1, 0.15) is 11.6 Å². The summed E-state index contributed by atoms with van der Waals surface area (Å²) in [5.74, 6) is 1.50. The molecule has 344 valence electrons. The number of carbonyl (C=O) groups is 2. The molecule has 0 fully saturated rings. The van der Waals surface area contributed by atoms with E-state index >= 15 is 0 Å². The highest BCUT2D eigenvalue weighted by molar-refractivity contribution is 7.99. The summed E-state index contributed by atoms with van der Waals surface area (Å²) in [6, 6.07) is 25.0. The number of likely N-dealkylation sites (N-methyl/N-ethyl adjacent to an activating group) is 2. The zero-order valence-electron chi connectivity index (χ0n) is 38.0. The van der Waals surface area contributed by atoms with Gasteiger partial charge in [0.05, 0.1) is 12.4 Å². The van der Waals surface area contributed by atoms with Crippen molar-refractivity contribution >= 4 is 69.6 Å². The predicted molar refractivity (Wildman–Crippen MR) is 263 cm³/mol. The van der Waals surface area contributed by atoms with Gasteiger partial charge in [-0.2, -0.15) is 39.2 Å². The highest BCUT2D eigenvalue weighted by atomic mass is 32.2. The van der Waals surface area contributed by atoms with Crippen LogP contribution in [0.5, 0.6) is 11.8 Å². The minimum Gasteiger partial charge on any atom is -0.424 e. The smallest absolute Gasteiger partial charge is 0.328 e. The van der Waals surface area contributed by atoms with Crippen LogP contribution in [0, 0.1) is 13.8 Å². The Balaban J connectivity index is 0.000000170. The first kappa shape index (κ1) is 45.2. The number of amides is 2. The fourth-order valence-electron chi connectivity index (χ4n) is 7.80. The molecule has 0 bridgehead atoms. The van der Waals surface area contributed by atoms with E-state index in [1.165, 1.54) is 45.1 Å². The minimum atomic E-state index is -0.306. The lowest BCUT2D eigenvalue weighted by atomic mass is 9.96. The molecule has 0 aliphatic carbocycles. The second-order valence-corrected chi connectivity index (χ2v) is 17.5. The number of anilines is 6. The maximum Gasteiger partial charge on any atom is 0.328 e. The van der Waals surface area contributed by atoms with Crippen molar-refractivity contribution in [3.63, 3.8) is 0 Å². The topological polar surface area (TPSA) is 197 Å². The third-order valence-corrected chi connectivity index (χ3v) is 12.2. The Labute approximate surface area is 396 Å². The van der Waals surface area contributed by atoms with Crippen molar-refractivity contribution in [2.45, 2.75) is 49.8 Å². The van der Waals surface area contributed by atoms with Crippen molar-refractivity contribution in [3.05, 3.63) is 150 Å². The number of aromatic nitrogens is 9. The number of nitrogens with one attached hydrogen (secondary N) is 4. The first-order valence-corrected chi connectivity index (χ1v) is 22.7. The molecule has 10 rings (SSSR count). The summed E-state index contributed by atoms with van der Waals surface area (Å²) >= 11 is 1.45. The van der Waals surface area contributed by atoms with Gasteiger partial charge in [-0.15, -0.1) is 0 Å². The molecule has 0 radical (unpaired) electrons. The molecule has 8 aromatic rings. The molecule has 0 saturated carbocycles. The van der Waals surface area contributed by atoms with Crippen LogP contribution in [0.25, 0.3) is 11.3 Å². The van der Waals surface area contributed by atoms with Crippen LogP contribution in [0.4, 0.5) is 34.8 Å². The number of rotatable bonds is 12. The normalized spacial score (nSPS) is 13.4. The van der Waals surface area contributed by atoms with Crippen LogP contribution in [0.15, 0.2) is 127 Å². The lowest BCUT2D eigenvalue weighted by Gasteiger charge is -2.26. The van der Waals surface area contributed by atoms with Crippen LogP contribution in [-0.2, 0) is 35.5 Å². The molecule has 0 spiro atoms. The lowest BCUT2D eigenvalue weighted by Crippen LogP contribution is -2.27. The quantitative estimate of drug-likeness (QED) is 0.0862. The Morgan fingerprint density at radius 1 is 0.676 bits per heavy atom. The Kier molecular flexibility index (Phi) is 13.2. The number of pyridine rings is 1. The molecule has 0 atom stereocenters. The molecule has 5 aromatic heterocycles. The van der Waals surface area contributed by atoms with E-state index in [1.807, 2.05) is 37.3 Å². The fraction of sp³-hybridized carbons (Fsp3) is 0.204. The average Bonchev–Trinajstić information content (AvgIpc) is 4.01. The number of aryl methyl sites for hydroxylation is 2. The molecule has 2 aliphatic heterocycles. The number of hydrogen-bond acceptors (Lipinski definition) is 15. The average molecular weight is 928 g/mol. The molecule has 7 heterocycles. The summed E-state index contributed by atoms with van der Waals surface area (Å²) in [5, 5.41) is 21.5. The summed E-state index contributed by atoms with van der Waals surface area (Å²) < 4.78 is 9.23. The molecule has 4 N–H and O–H groups in total. The summed E-state index contributed by atoms with van der Waals surface area (Å²) in [4.78, 5) is 52.2. The van der Waals surface area contributed by atoms with E-state index < -0.39 is 0 Å². The van der Waals surface area contributed by atoms with Gasteiger partial charge in [0.25, 0.3) is 0 Å². The highest BCUT2D eigenvalue weighted by Gasteiger charge is 2.20. The zero-order chi connectivity index (χ0) is 47.3. The highest BCUT2D eigenvalue weighted by Crippen LogP contribution is 2.32. The van der Waals surface area contributed by atoms with Gasteiger partial charge in [-0.3, -0.25) is 9.59 Å². The first-order chi connectivity index (χ1) is 33.0. The molecule has 2 amide bonds. The largest absolute Gasteiger partial charge is 0.424 e. The maximum atomic E-state index is 11.7. The van der Waals surface area contributed by atoms with E-state index in [9.17, 15) is 9.59 Å². The first-order valence-electron chi connectivity index (χ1n) is 21.9. The van der Waals surface area contributed by atoms with Crippen LogP contribution in [0.2, 0.25) is 0 Å². The van der Waals surface area contributed by atoms with Crippen LogP contribution in [0.1, 0.15) is 33.5 Å². The van der Waals surface area contributed by atoms with Crippen molar-refractivity contribution in [2.75, 3.05) is 48.5 Å². The fourth-order valence-corrected chi connectivity index (χ4v) is 8.71. The van der Waals surface area contributed by atoms with E-state index in [4.69, 9.17) is 14.7 Å². The standard InChI is InChI=1S/C25H25N7OS.C24H24N8O2/c1-4-23(33)27-19-6-5-7-20(14-19)34-25-30-24(29-22-8-10-26-32(22)25)28-21-13-17-9-11-31(3)15-18(17)12-16(21)2;1-4-21(33)26-17-6-5-7-18(13-17)34-24-30-23(28-20-8-10-25-32(20)24)29-22-15(2)12-16-14-31(3)11-9-19(16)27-22/h4-8,10,12-14H,1,9,11,15H2,2-3H3,(H,27,33)(H,28,29);4-8,10,12-13H,1,9,11,14H2,2-3H3,(H,26,33)(H,27,28,29). The van der Waals surface area contributed by atoms with Gasteiger partial charge in [-0.1, -0.05) is 31.4 Å². The number of fused-ring (bicyclic) bond motifs is 4. The number of carbonyl (C=O) groups excluding carboxylic acids is 2. The van der Waals surface area contributed by atoms with E-state index in [0.29, 0.717) is 51.3 Å². The van der Waals surface area contributed by atoms with Crippen LogP contribution < -0.4 is 26.0 Å². The molecule has 19 heteroatoms. The summed E-state index contributed by atoms with van der Waals surface area (Å²) in [7, 11) is 4.27. The second kappa shape index (κ2) is 19.8. The molecule has 2 aliphatic rings. The molecule has 3 aromatic carbocycles. The summed E-state index contributed by atoms with van der Waals surface area (Å²) in [6.45, 7) is 15.0. The lowest BCUT2D eigenvalue weighted by molar-refractivity contribution is -0.112. The number of hydrogen-bond donors (Lipinski definition) is 4. The molecule has 18 nitrogen and oxygen atoms in total. The van der Waals surface area contributed by atoms with Gasteiger partial charge in [0, 0.05) is 78.5 Å². The molecule has 68 heavy (non-hydrogen) atoms. The van der Waals surface area contributed by atoms with Gasteiger partial charge < -0.3 is 35.8 Å². The Bertz CT molecular complexity index is 3010. The van der Waals surface area contributed by atoms with Crippen molar-refractivity contribution < 1.29 is 14.3 Å². The molecular weight excluding hydrogens is 879 g/mol. The summed E-state index contributed by atoms with van der Waals surface area (Å²) in [5.41, 5.74) is 10.8. The van der Waals surface area contributed by atoms with Gasteiger partial charge >= 0.3 is 6.01 Å². The zero-order valence-corrected chi connectivity index (χ0v) is 38.8. The number of ether oxygens (including phenoxy) is 1. The third kappa shape index (κ3) is 10.5.